The van der Waals surface area contributed by atoms with E-state index in [4.69, 9.17) is 4.98 Å². The summed E-state index contributed by atoms with van der Waals surface area (Å²) in [6.07, 6.45) is 4.17. The number of fused-ring (bicyclic) bond motifs is 1. The van der Waals surface area contributed by atoms with Crippen LogP contribution in [-0.2, 0) is 0 Å². The molecule has 1 saturated carbocycles. The Hall–Kier alpha value is -2.73. The summed E-state index contributed by atoms with van der Waals surface area (Å²) in [5.74, 6) is 1.56. The van der Waals surface area contributed by atoms with Crippen molar-refractivity contribution in [2.24, 2.45) is 0 Å². The standard InChI is InChI=1S/C19H15N5S/c1-2-6-14(7-3-1)24-18(13-10-11-13)22-23-19(24)25-17-12-20-15-8-4-5-9-16(15)21-17/h1-9,12-13H,10-11H2. The predicted octanol–water partition coefficient (Wildman–Crippen LogP) is 4.24. The van der Waals surface area contributed by atoms with Gasteiger partial charge < -0.3 is 0 Å². The first-order chi connectivity index (χ1) is 12.4. The summed E-state index contributed by atoms with van der Waals surface area (Å²) in [5, 5.41) is 10.6. The second-order valence-corrected chi connectivity index (χ2v) is 7.07. The minimum atomic E-state index is 0.518. The fraction of sp³-hybridized carbons (Fsp3) is 0.158. The molecule has 2 aromatic heterocycles. The van der Waals surface area contributed by atoms with Gasteiger partial charge in [-0.15, -0.1) is 10.2 Å². The molecule has 1 aliphatic carbocycles. The van der Waals surface area contributed by atoms with E-state index in [0.717, 1.165) is 32.7 Å². The van der Waals surface area contributed by atoms with Gasteiger partial charge in [0.2, 0.25) is 5.16 Å². The summed E-state index contributed by atoms with van der Waals surface area (Å²) in [6, 6.07) is 18.2. The topological polar surface area (TPSA) is 56.5 Å². The normalized spacial score (nSPS) is 14.1. The van der Waals surface area contributed by atoms with Gasteiger partial charge in [-0.25, -0.2) is 4.98 Å². The third-order valence-electron chi connectivity index (χ3n) is 4.24. The molecule has 0 spiro atoms. The highest BCUT2D eigenvalue weighted by Gasteiger charge is 2.31. The van der Waals surface area contributed by atoms with Crippen molar-refractivity contribution < 1.29 is 0 Å². The molecule has 0 bridgehead atoms. The Morgan fingerprint density at radius 2 is 1.64 bits per heavy atom. The van der Waals surface area contributed by atoms with Crippen LogP contribution in [0.4, 0.5) is 0 Å². The molecule has 5 rings (SSSR count). The van der Waals surface area contributed by atoms with Gasteiger partial charge in [0, 0.05) is 11.6 Å². The van der Waals surface area contributed by atoms with Crippen molar-refractivity contribution in [1.82, 2.24) is 24.7 Å². The number of hydrogen-bond donors (Lipinski definition) is 0. The zero-order valence-corrected chi connectivity index (χ0v) is 14.2. The van der Waals surface area contributed by atoms with Gasteiger partial charge in [0.25, 0.3) is 0 Å². The molecule has 6 heteroatoms. The zero-order chi connectivity index (χ0) is 16.6. The van der Waals surface area contributed by atoms with E-state index >= 15 is 0 Å². The summed E-state index contributed by atoms with van der Waals surface area (Å²) in [5.41, 5.74) is 2.88. The molecule has 1 fully saturated rings. The van der Waals surface area contributed by atoms with Gasteiger partial charge >= 0.3 is 0 Å². The molecule has 0 aliphatic heterocycles. The Kier molecular flexibility index (Phi) is 3.48. The van der Waals surface area contributed by atoms with Crippen LogP contribution in [0.5, 0.6) is 0 Å². The lowest BCUT2D eigenvalue weighted by Gasteiger charge is -2.09. The van der Waals surface area contributed by atoms with Crippen molar-refractivity contribution in [2.75, 3.05) is 0 Å². The number of para-hydroxylation sites is 3. The maximum absolute atomic E-state index is 4.69. The van der Waals surface area contributed by atoms with Gasteiger partial charge in [-0.05, 0) is 48.9 Å². The molecule has 2 aromatic carbocycles. The smallest absolute Gasteiger partial charge is 0.202 e. The van der Waals surface area contributed by atoms with Crippen LogP contribution in [0.15, 0.2) is 71.0 Å². The molecular weight excluding hydrogens is 330 g/mol. The SMILES string of the molecule is c1ccc(-n2c(Sc3cnc4ccccc4n3)nnc2C2CC2)cc1. The number of aromatic nitrogens is 5. The highest BCUT2D eigenvalue weighted by molar-refractivity contribution is 7.99. The summed E-state index contributed by atoms with van der Waals surface area (Å²) in [4.78, 5) is 9.19. The molecule has 2 heterocycles. The second kappa shape index (κ2) is 5.97. The summed E-state index contributed by atoms with van der Waals surface area (Å²) >= 11 is 1.51. The lowest BCUT2D eigenvalue weighted by Crippen LogP contribution is -2.01. The number of nitrogens with zero attached hydrogens (tertiary/aromatic N) is 5. The quantitative estimate of drug-likeness (QED) is 0.554. The fourth-order valence-corrected chi connectivity index (χ4v) is 3.66. The van der Waals surface area contributed by atoms with Crippen molar-refractivity contribution in [2.45, 2.75) is 28.9 Å². The van der Waals surface area contributed by atoms with Gasteiger partial charge in [0.05, 0.1) is 17.2 Å². The average Bonchev–Trinajstić information content (AvgIpc) is 3.43. The van der Waals surface area contributed by atoms with Gasteiger partial charge in [-0.1, -0.05) is 30.3 Å². The molecule has 0 radical (unpaired) electrons. The molecule has 25 heavy (non-hydrogen) atoms. The van der Waals surface area contributed by atoms with E-state index in [2.05, 4.69) is 31.9 Å². The van der Waals surface area contributed by atoms with Gasteiger partial charge in [-0.3, -0.25) is 9.55 Å². The Morgan fingerprint density at radius 3 is 2.44 bits per heavy atom. The van der Waals surface area contributed by atoms with Gasteiger partial charge in [0.1, 0.15) is 10.9 Å². The average molecular weight is 345 g/mol. The van der Waals surface area contributed by atoms with Crippen molar-refractivity contribution in [3.8, 4) is 5.69 Å². The Labute approximate surface area is 149 Å². The second-order valence-electron chi connectivity index (χ2n) is 6.09. The minimum absolute atomic E-state index is 0.518. The first kappa shape index (κ1) is 14.6. The number of rotatable bonds is 4. The molecule has 122 valence electrons. The molecule has 0 N–H and O–H groups in total. The van der Waals surface area contributed by atoms with Crippen LogP contribution in [0.25, 0.3) is 16.7 Å². The minimum Gasteiger partial charge on any atom is -0.273 e. The monoisotopic (exact) mass is 345 g/mol. The first-order valence-electron chi connectivity index (χ1n) is 8.29. The van der Waals surface area contributed by atoms with E-state index in [9.17, 15) is 0 Å². The third-order valence-corrected chi connectivity index (χ3v) is 5.09. The van der Waals surface area contributed by atoms with E-state index in [-0.39, 0.29) is 0 Å². The molecular formula is C19H15N5S. The highest BCUT2D eigenvalue weighted by atomic mass is 32.2. The van der Waals surface area contributed by atoms with Crippen LogP contribution in [0.1, 0.15) is 24.6 Å². The van der Waals surface area contributed by atoms with Crippen LogP contribution in [0.2, 0.25) is 0 Å². The summed E-state index contributed by atoms with van der Waals surface area (Å²) in [6.45, 7) is 0. The Bertz CT molecular complexity index is 1040. The van der Waals surface area contributed by atoms with E-state index < -0.39 is 0 Å². The molecule has 0 amide bonds. The van der Waals surface area contributed by atoms with Crippen LogP contribution < -0.4 is 0 Å². The fourth-order valence-electron chi connectivity index (χ4n) is 2.86. The molecule has 4 aromatic rings. The van der Waals surface area contributed by atoms with Gasteiger partial charge in [0.15, 0.2) is 0 Å². The molecule has 0 unspecified atom stereocenters. The summed E-state index contributed by atoms with van der Waals surface area (Å²) in [7, 11) is 0. The third kappa shape index (κ3) is 2.78. The lowest BCUT2D eigenvalue weighted by molar-refractivity contribution is 0.828. The van der Waals surface area contributed by atoms with Crippen molar-refractivity contribution in [3.63, 3.8) is 0 Å². The maximum Gasteiger partial charge on any atom is 0.202 e. The van der Waals surface area contributed by atoms with E-state index in [1.165, 1.54) is 24.6 Å². The highest BCUT2D eigenvalue weighted by Crippen LogP contribution is 2.41. The number of hydrogen-bond acceptors (Lipinski definition) is 5. The van der Waals surface area contributed by atoms with Crippen LogP contribution in [0.3, 0.4) is 0 Å². The van der Waals surface area contributed by atoms with Crippen LogP contribution in [0, 0.1) is 0 Å². The molecule has 1 aliphatic rings. The molecule has 0 atom stereocenters. The van der Waals surface area contributed by atoms with E-state index in [0.29, 0.717) is 5.92 Å². The van der Waals surface area contributed by atoms with Crippen molar-refractivity contribution in [3.05, 3.63) is 66.6 Å². The Morgan fingerprint density at radius 1 is 0.880 bits per heavy atom. The lowest BCUT2D eigenvalue weighted by atomic mass is 10.3. The Balaban J connectivity index is 1.57. The van der Waals surface area contributed by atoms with Crippen molar-refractivity contribution in [1.29, 1.82) is 0 Å². The first-order valence-corrected chi connectivity index (χ1v) is 9.10. The zero-order valence-electron chi connectivity index (χ0n) is 13.4. The van der Waals surface area contributed by atoms with E-state index in [1.807, 2.05) is 42.5 Å². The van der Waals surface area contributed by atoms with Crippen LogP contribution in [-0.4, -0.2) is 24.7 Å². The van der Waals surface area contributed by atoms with E-state index in [1.54, 1.807) is 6.20 Å². The predicted molar refractivity (Wildman–Crippen MR) is 97.0 cm³/mol. The molecule has 5 nitrogen and oxygen atoms in total. The maximum atomic E-state index is 4.69. The van der Waals surface area contributed by atoms with Crippen LogP contribution >= 0.6 is 11.8 Å². The largest absolute Gasteiger partial charge is 0.273 e. The van der Waals surface area contributed by atoms with Gasteiger partial charge in [-0.2, -0.15) is 0 Å². The molecule has 0 saturated heterocycles. The number of benzene rings is 2. The summed E-state index contributed by atoms with van der Waals surface area (Å²) < 4.78 is 2.15. The van der Waals surface area contributed by atoms with Crippen molar-refractivity contribution >= 4 is 22.8 Å².